The predicted octanol–water partition coefficient (Wildman–Crippen LogP) is 4.37. The molecule has 2 aromatic carbocycles. The quantitative estimate of drug-likeness (QED) is 0.859. The minimum Gasteiger partial charge on any atom is -0.490 e. The molecule has 0 aromatic heterocycles. The summed E-state index contributed by atoms with van der Waals surface area (Å²) in [6.07, 6.45) is 2.30. The van der Waals surface area contributed by atoms with Crippen LogP contribution in [0.25, 0.3) is 0 Å². The third-order valence-electron chi connectivity index (χ3n) is 4.69. The Labute approximate surface area is 156 Å². The lowest BCUT2D eigenvalue weighted by molar-refractivity contribution is 0.102. The van der Waals surface area contributed by atoms with E-state index in [2.05, 4.69) is 37.5 Å². The number of piperidine rings is 1. The summed E-state index contributed by atoms with van der Waals surface area (Å²) in [6.45, 7) is 8.48. The Morgan fingerprint density at radius 3 is 2.42 bits per heavy atom. The van der Waals surface area contributed by atoms with Crippen LogP contribution in [0, 0.1) is 0 Å². The van der Waals surface area contributed by atoms with Crippen LogP contribution in [0.2, 0.25) is 0 Å². The molecule has 4 heteroatoms. The van der Waals surface area contributed by atoms with E-state index in [1.807, 2.05) is 42.5 Å². The van der Waals surface area contributed by atoms with Gasteiger partial charge in [0.2, 0.25) is 0 Å². The molecule has 2 aromatic rings. The zero-order valence-electron chi connectivity index (χ0n) is 15.8. The van der Waals surface area contributed by atoms with E-state index in [9.17, 15) is 4.79 Å². The highest BCUT2D eigenvalue weighted by Gasteiger charge is 2.16. The van der Waals surface area contributed by atoms with Gasteiger partial charge in [0.25, 0.3) is 5.91 Å². The van der Waals surface area contributed by atoms with Crippen LogP contribution in [-0.2, 0) is 5.41 Å². The Hall–Kier alpha value is -2.33. The van der Waals surface area contributed by atoms with E-state index in [1.54, 1.807) is 0 Å². The topological polar surface area (TPSA) is 50.4 Å². The molecule has 2 N–H and O–H groups in total. The van der Waals surface area contributed by atoms with E-state index < -0.39 is 0 Å². The van der Waals surface area contributed by atoms with Crippen molar-refractivity contribution in [2.75, 3.05) is 18.4 Å². The fraction of sp³-hybridized carbons (Fsp3) is 0.409. The summed E-state index contributed by atoms with van der Waals surface area (Å²) in [5.74, 6) is 0.715. The van der Waals surface area contributed by atoms with Crippen molar-refractivity contribution in [2.45, 2.75) is 45.1 Å². The molecular formula is C22H28N2O2. The molecule has 4 nitrogen and oxygen atoms in total. The first-order valence-corrected chi connectivity index (χ1v) is 9.31. The van der Waals surface area contributed by atoms with Gasteiger partial charge in [-0.3, -0.25) is 4.79 Å². The summed E-state index contributed by atoms with van der Waals surface area (Å²) in [7, 11) is 0. The van der Waals surface area contributed by atoms with E-state index >= 15 is 0 Å². The molecule has 0 aliphatic carbocycles. The van der Waals surface area contributed by atoms with Crippen molar-refractivity contribution in [3.63, 3.8) is 0 Å². The fourth-order valence-electron chi connectivity index (χ4n) is 3.06. The molecular weight excluding hydrogens is 324 g/mol. The third kappa shape index (κ3) is 4.85. The van der Waals surface area contributed by atoms with Crippen LogP contribution < -0.4 is 15.4 Å². The molecule has 1 aliphatic heterocycles. The van der Waals surface area contributed by atoms with Crippen molar-refractivity contribution in [2.24, 2.45) is 0 Å². The average Bonchev–Trinajstić information content (AvgIpc) is 2.63. The van der Waals surface area contributed by atoms with Gasteiger partial charge in [-0.2, -0.15) is 0 Å². The molecule has 1 amide bonds. The van der Waals surface area contributed by atoms with Crippen LogP contribution in [0.3, 0.4) is 0 Å². The molecule has 0 unspecified atom stereocenters. The monoisotopic (exact) mass is 352 g/mol. The van der Waals surface area contributed by atoms with E-state index in [0.29, 0.717) is 5.56 Å². The van der Waals surface area contributed by atoms with Crippen molar-refractivity contribution < 1.29 is 9.53 Å². The van der Waals surface area contributed by atoms with Crippen LogP contribution in [0.1, 0.15) is 49.5 Å². The Bertz CT molecular complexity index is 741. The van der Waals surface area contributed by atoms with E-state index in [4.69, 9.17) is 4.74 Å². The van der Waals surface area contributed by atoms with Crippen molar-refractivity contribution in [1.29, 1.82) is 0 Å². The number of amides is 1. The molecule has 1 heterocycles. The van der Waals surface area contributed by atoms with Gasteiger partial charge < -0.3 is 15.4 Å². The smallest absolute Gasteiger partial charge is 0.255 e. The van der Waals surface area contributed by atoms with Crippen LogP contribution >= 0.6 is 0 Å². The number of carbonyl (C=O) groups is 1. The molecule has 138 valence electrons. The Balaban J connectivity index is 1.63. The van der Waals surface area contributed by atoms with Crippen LogP contribution in [-0.4, -0.2) is 25.1 Å². The van der Waals surface area contributed by atoms with E-state index in [1.165, 1.54) is 5.56 Å². The van der Waals surface area contributed by atoms with Gasteiger partial charge in [0.05, 0.1) is 0 Å². The molecule has 0 saturated carbocycles. The van der Waals surface area contributed by atoms with Gasteiger partial charge in [-0.25, -0.2) is 0 Å². The van der Waals surface area contributed by atoms with Gasteiger partial charge in [-0.1, -0.05) is 32.9 Å². The van der Waals surface area contributed by atoms with Gasteiger partial charge in [-0.15, -0.1) is 0 Å². The Kier molecular flexibility index (Phi) is 5.62. The predicted molar refractivity (Wildman–Crippen MR) is 106 cm³/mol. The van der Waals surface area contributed by atoms with Gasteiger partial charge in [0, 0.05) is 11.3 Å². The highest BCUT2D eigenvalue weighted by Crippen LogP contribution is 2.25. The summed E-state index contributed by atoms with van der Waals surface area (Å²) in [4.78, 5) is 12.5. The van der Waals surface area contributed by atoms with Crippen molar-refractivity contribution in [3.05, 3.63) is 59.7 Å². The number of hydrogen-bond donors (Lipinski definition) is 2. The zero-order chi connectivity index (χ0) is 18.6. The first kappa shape index (κ1) is 18.5. The average molecular weight is 352 g/mol. The maximum atomic E-state index is 12.5. The molecule has 3 rings (SSSR count). The molecule has 0 radical (unpaired) electrons. The van der Waals surface area contributed by atoms with E-state index in [-0.39, 0.29) is 17.4 Å². The second-order valence-electron chi connectivity index (χ2n) is 7.88. The van der Waals surface area contributed by atoms with Crippen LogP contribution in [0.15, 0.2) is 48.5 Å². The largest absolute Gasteiger partial charge is 0.490 e. The molecule has 26 heavy (non-hydrogen) atoms. The third-order valence-corrected chi connectivity index (χ3v) is 4.69. The summed E-state index contributed by atoms with van der Waals surface area (Å²) >= 11 is 0. The van der Waals surface area contributed by atoms with Gasteiger partial charge >= 0.3 is 0 Å². The maximum Gasteiger partial charge on any atom is 0.255 e. The number of carbonyl (C=O) groups excluding carboxylic acids is 1. The maximum absolute atomic E-state index is 12.5. The molecule has 0 atom stereocenters. The van der Waals surface area contributed by atoms with Crippen molar-refractivity contribution in [1.82, 2.24) is 5.32 Å². The number of ether oxygens (including phenoxy) is 1. The second-order valence-corrected chi connectivity index (χ2v) is 7.88. The number of anilines is 1. The first-order chi connectivity index (χ1) is 12.4. The van der Waals surface area contributed by atoms with Crippen LogP contribution in [0.4, 0.5) is 5.69 Å². The van der Waals surface area contributed by atoms with Gasteiger partial charge in [-0.05, 0) is 73.3 Å². The molecule has 1 aliphatic rings. The highest BCUT2D eigenvalue weighted by atomic mass is 16.5. The molecule has 0 spiro atoms. The number of benzene rings is 2. The Morgan fingerprint density at radius 1 is 1.08 bits per heavy atom. The lowest BCUT2D eigenvalue weighted by Gasteiger charge is -2.23. The zero-order valence-corrected chi connectivity index (χ0v) is 15.8. The van der Waals surface area contributed by atoms with Crippen molar-refractivity contribution >= 4 is 11.6 Å². The van der Waals surface area contributed by atoms with Gasteiger partial charge in [0.1, 0.15) is 11.9 Å². The summed E-state index contributed by atoms with van der Waals surface area (Å²) in [5, 5.41) is 6.31. The lowest BCUT2D eigenvalue weighted by atomic mass is 9.87. The summed E-state index contributed by atoms with van der Waals surface area (Å²) in [5.41, 5.74) is 2.69. The number of nitrogens with one attached hydrogen (secondary N) is 2. The molecule has 1 saturated heterocycles. The first-order valence-electron chi connectivity index (χ1n) is 9.31. The fourth-order valence-corrected chi connectivity index (χ4v) is 3.06. The Morgan fingerprint density at radius 2 is 1.77 bits per heavy atom. The highest BCUT2D eigenvalue weighted by molar-refractivity contribution is 6.04. The number of rotatable bonds is 4. The van der Waals surface area contributed by atoms with Crippen molar-refractivity contribution in [3.8, 4) is 5.75 Å². The number of hydrogen-bond acceptors (Lipinski definition) is 3. The SMILES string of the molecule is CC(C)(C)c1cccc(NC(=O)c2ccc(OC3CCNCC3)cc2)c1. The summed E-state index contributed by atoms with van der Waals surface area (Å²) < 4.78 is 5.99. The van der Waals surface area contributed by atoms with Gasteiger partial charge in [0.15, 0.2) is 0 Å². The minimum atomic E-state index is -0.107. The van der Waals surface area contributed by atoms with E-state index in [0.717, 1.165) is 37.4 Å². The normalized spacial score (nSPS) is 15.5. The second kappa shape index (κ2) is 7.92. The van der Waals surface area contributed by atoms with Crippen LogP contribution in [0.5, 0.6) is 5.75 Å². The lowest BCUT2D eigenvalue weighted by Crippen LogP contribution is -2.34. The minimum absolute atomic E-state index is 0.0500. The molecule has 1 fully saturated rings. The molecule has 0 bridgehead atoms. The summed E-state index contributed by atoms with van der Waals surface area (Å²) in [6, 6.07) is 15.4. The standard InChI is InChI=1S/C22H28N2O2/c1-22(2,3)17-5-4-6-18(15-17)24-21(25)16-7-9-19(10-8-16)26-20-11-13-23-14-12-20/h4-10,15,20,23H,11-14H2,1-3H3,(H,24,25).